The van der Waals surface area contributed by atoms with Gasteiger partial charge in [0.1, 0.15) is 0 Å². The molecule has 1 N–H and O–H groups in total. The summed E-state index contributed by atoms with van der Waals surface area (Å²) in [7, 11) is 0. The lowest BCUT2D eigenvalue weighted by atomic mass is 10.0. The Balaban J connectivity index is 1.63. The number of benzene rings is 1. The van der Waals surface area contributed by atoms with Crippen molar-refractivity contribution in [3.63, 3.8) is 0 Å². The number of piperidine rings is 1. The van der Waals surface area contributed by atoms with Crippen molar-refractivity contribution in [3.05, 3.63) is 46.8 Å². The molecule has 0 aliphatic carbocycles. The van der Waals surface area contributed by atoms with E-state index < -0.39 is 23.0 Å². The number of hydrogen-bond acceptors (Lipinski definition) is 7. The van der Waals surface area contributed by atoms with Crippen LogP contribution in [0.3, 0.4) is 0 Å². The maximum absolute atomic E-state index is 12.5. The predicted molar refractivity (Wildman–Crippen MR) is 90.6 cm³/mol. The standard InChI is InChI=1S/C16H17F2N5O3/c17-15(18)26-14-10-12(2-3-13(14)23(24)25)21-11-4-8-22(9-5-11)16-19-6-1-7-20-16/h1-3,6-7,10-11,15,21H,4-5,8-9H2. The van der Waals surface area contributed by atoms with Crippen molar-refractivity contribution in [1.29, 1.82) is 0 Å². The molecule has 1 aliphatic heterocycles. The number of anilines is 2. The van der Waals surface area contributed by atoms with E-state index in [1.54, 1.807) is 18.5 Å². The second-order valence-corrected chi connectivity index (χ2v) is 5.77. The molecule has 0 bridgehead atoms. The molecule has 26 heavy (non-hydrogen) atoms. The molecule has 2 heterocycles. The van der Waals surface area contributed by atoms with E-state index in [0.717, 1.165) is 32.0 Å². The minimum Gasteiger partial charge on any atom is -0.427 e. The second-order valence-electron chi connectivity index (χ2n) is 5.77. The molecule has 1 aromatic carbocycles. The number of alkyl halides is 2. The molecular weight excluding hydrogens is 348 g/mol. The first-order chi connectivity index (χ1) is 12.5. The lowest BCUT2D eigenvalue weighted by Gasteiger charge is -2.32. The smallest absolute Gasteiger partial charge is 0.387 e. The highest BCUT2D eigenvalue weighted by molar-refractivity contribution is 5.58. The van der Waals surface area contributed by atoms with Gasteiger partial charge in [0.15, 0.2) is 0 Å². The second kappa shape index (κ2) is 7.89. The van der Waals surface area contributed by atoms with E-state index in [4.69, 9.17) is 0 Å². The highest BCUT2D eigenvalue weighted by atomic mass is 19.3. The van der Waals surface area contributed by atoms with Crippen molar-refractivity contribution in [2.45, 2.75) is 25.5 Å². The molecule has 8 nitrogen and oxygen atoms in total. The third-order valence-corrected chi connectivity index (χ3v) is 4.07. The van der Waals surface area contributed by atoms with Crippen LogP contribution >= 0.6 is 0 Å². The molecule has 1 aliphatic rings. The van der Waals surface area contributed by atoms with Gasteiger partial charge in [-0.1, -0.05) is 0 Å². The maximum atomic E-state index is 12.5. The number of halogens is 2. The Kier molecular flexibility index (Phi) is 5.40. The monoisotopic (exact) mass is 365 g/mol. The van der Waals surface area contributed by atoms with Crippen LogP contribution < -0.4 is 15.0 Å². The predicted octanol–water partition coefficient (Wildman–Crippen LogP) is 3.07. The van der Waals surface area contributed by atoms with E-state index in [1.165, 1.54) is 12.1 Å². The van der Waals surface area contributed by atoms with E-state index in [2.05, 4.69) is 24.9 Å². The minimum atomic E-state index is -3.13. The number of nitro groups is 1. The van der Waals surface area contributed by atoms with Gasteiger partial charge in [-0.25, -0.2) is 9.97 Å². The third-order valence-electron chi connectivity index (χ3n) is 4.07. The highest BCUT2D eigenvalue weighted by Crippen LogP contribution is 2.32. The van der Waals surface area contributed by atoms with Gasteiger partial charge in [-0.05, 0) is 25.0 Å². The van der Waals surface area contributed by atoms with Crippen LogP contribution in [-0.4, -0.2) is 40.6 Å². The molecule has 0 saturated carbocycles. The summed E-state index contributed by atoms with van der Waals surface area (Å²) in [4.78, 5) is 20.7. The van der Waals surface area contributed by atoms with Crippen molar-refractivity contribution in [2.24, 2.45) is 0 Å². The van der Waals surface area contributed by atoms with Gasteiger partial charge in [0.25, 0.3) is 0 Å². The summed E-state index contributed by atoms with van der Waals surface area (Å²) in [6, 6.07) is 5.74. The van der Waals surface area contributed by atoms with Crippen LogP contribution in [0, 0.1) is 10.1 Å². The fourth-order valence-electron chi connectivity index (χ4n) is 2.86. The fraction of sp³-hybridized carbons (Fsp3) is 0.375. The first-order valence-electron chi connectivity index (χ1n) is 8.04. The Bertz CT molecular complexity index is 755. The molecule has 1 fully saturated rings. The summed E-state index contributed by atoms with van der Waals surface area (Å²) < 4.78 is 29.2. The van der Waals surface area contributed by atoms with Gasteiger partial charge >= 0.3 is 12.3 Å². The Labute approximate surface area is 148 Å². The number of nitro benzene ring substituents is 1. The number of ether oxygens (including phenoxy) is 1. The molecular formula is C16H17F2N5O3. The van der Waals surface area contributed by atoms with Gasteiger partial charge in [0.05, 0.1) is 4.92 Å². The van der Waals surface area contributed by atoms with Crippen LogP contribution in [0.15, 0.2) is 36.7 Å². The van der Waals surface area contributed by atoms with Gasteiger partial charge in [-0.15, -0.1) is 0 Å². The van der Waals surface area contributed by atoms with Crippen molar-refractivity contribution in [1.82, 2.24) is 9.97 Å². The summed E-state index contributed by atoms with van der Waals surface area (Å²) in [6.07, 6.45) is 4.96. The Morgan fingerprint density at radius 1 is 1.27 bits per heavy atom. The zero-order valence-corrected chi connectivity index (χ0v) is 13.7. The SMILES string of the molecule is O=[N+]([O-])c1ccc(NC2CCN(c3ncccn3)CC2)cc1OC(F)F. The molecule has 0 atom stereocenters. The first kappa shape index (κ1) is 17.8. The normalized spacial score (nSPS) is 15.1. The highest BCUT2D eigenvalue weighted by Gasteiger charge is 2.23. The molecule has 2 aromatic rings. The van der Waals surface area contributed by atoms with Crippen molar-refractivity contribution >= 4 is 17.3 Å². The number of aromatic nitrogens is 2. The van der Waals surface area contributed by atoms with E-state index in [-0.39, 0.29) is 6.04 Å². The Morgan fingerprint density at radius 3 is 2.58 bits per heavy atom. The molecule has 0 radical (unpaired) electrons. The average molecular weight is 365 g/mol. The van der Waals surface area contributed by atoms with E-state index in [0.29, 0.717) is 11.6 Å². The molecule has 0 amide bonds. The molecule has 1 saturated heterocycles. The van der Waals surface area contributed by atoms with Crippen molar-refractivity contribution in [2.75, 3.05) is 23.3 Å². The van der Waals surface area contributed by atoms with Crippen LogP contribution in [0.1, 0.15) is 12.8 Å². The molecule has 138 valence electrons. The lowest BCUT2D eigenvalue weighted by Crippen LogP contribution is -2.39. The van der Waals surface area contributed by atoms with Gasteiger partial charge in [0, 0.05) is 49.3 Å². The van der Waals surface area contributed by atoms with Crippen molar-refractivity contribution < 1.29 is 18.4 Å². The zero-order valence-electron chi connectivity index (χ0n) is 13.7. The average Bonchev–Trinajstić information content (AvgIpc) is 2.62. The largest absolute Gasteiger partial charge is 0.427 e. The lowest BCUT2D eigenvalue weighted by molar-refractivity contribution is -0.386. The summed E-state index contributed by atoms with van der Waals surface area (Å²) in [5.74, 6) is 0.221. The number of nitrogens with one attached hydrogen (secondary N) is 1. The summed E-state index contributed by atoms with van der Waals surface area (Å²) in [6.45, 7) is -1.64. The summed E-state index contributed by atoms with van der Waals surface area (Å²) in [5.41, 5.74) is 0.00700. The first-order valence-corrected chi connectivity index (χ1v) is 8.04. The maximum Gasteiger partial charge on any atom is 0.387 e. The quantitative estimate of drug-likeness (QED) is 0.621. The van der Waals surface area contributed by atoms with E-state index in [1.807, 2.05) is 0 Å². The number of rotatable bonds is 6. The van der Waals surface area contributed by atoms with Crippen LogP contribution in [-0.2, 0) is 0 Å². The van der Waals surface area contributed by atoms with Crippen LogP contribution in [0.2, 0.25) is 0 Å². The van der Waals surface area contributed by atoms with Gasteiger partial charge in [-0.2, -0.15) is 8.78 Å². The van der Waals surface area contributed by atoms with Gasteiger partial charge in [0.2, 0.25) is 11.7 Å². The van der Waals surface area contributed by atoms with Gasteiger partial charge in [-0.3, -0.25) is 10.1 Å². The Hall–Kier alpha value is -3.04. The van der Waals surface area contributed by atoms with E-state index in [9.17, 15) is 18.9 Å². The topological polar surface area (TPSA) is 93.4 Å². The summed E-state index contributed by atoms with van der Waals surface area (Å²) in [5, 5.41) is 14.1. The van der Waals surface area contributed by atoms with Crippen LogP contribution in [0.5, 0.6) is 5.75 Å². The Morgan fingerprint density at radius 2 is 1.96 bits per heavy atom. The third kappa shape index (κ3) is 4.32. The van der Waals surface area contributed by atoms with Crippen LogP contribution in [0.25, 0.3) is 0 Å². The van der Waals surface area contributed by atoms with E-state index >= 15 is 0 Å². The molecule has 1 aromatic heterocycles. The minimum absolute atomic E-state index is 0.107. The van der Waals surface area contributed by atoms with Crippen LogP contribution in [0.4, 0.5) is 26.1 Å². The number of nitrogens with zero attached hydrogens (tertiary/aromatic N) is 4. The van der Waals surface area contributed by atoms with Crippen molar-refractivity contribution in [3.8, 4) is 5.75 Å². The number of hydrogen-bond donors (Lipinski definition) is 1. The summed E-state index contributed by atoms with van der Waals surface area (Å²) >= 11 is 0. The molecule has 0 spiro atoms. The van der Waals surface area contributed by atoms with Gasteiger partial charge < -0.3 is 15.0 Å². The molecule has 0 unspecified atom stereocenters. The molecule has 10 heteroatoms. The molecule has 3 rings (SSSR count). The fourth-order valence-corrected chi connectivity index (χ4v) is 2.86. The zero-order chi connectivity index (χ0) is 18.5.